The summed E-state index contributed by atoms with van der Waals surface area (Å²) in [5.74, 6) is 5.22. The summed E-state index contributed by atoms with van der Waals surface area (Å²) in [7, 11) is 0. The zero-order chi connectivity index (χ0) is 8.81. The first-order chi connectivity index (χ1) is 5.86. The molecule has 0 aliphatic rings. The summed E-state index contributed by atoms with van der Waals surface area (Å²) in [6, 6.07) is 5.46. The van der Waals surface area contributed by atoms with E-state index in [1.54, 1.807) is 6.07 Å². The Morgan fingerprint density at radius 3 is 3.00 bits per heavy atom. The molecule has 0 bridgehead atoms. The largest absolute Gasteiger partial charge is 0.384 e. The highest BCUT2D eigenvalue weighted by Crippen LogP contribution is 1.96. The van der Waals surface area contributed by atoms with Crippen LogP contribution in [0.1, 0.15) is 11.4 Å². The molecule has 3 nitrogen and oxygen atoms in total. The molecule has 0 aliphatic carbocycles. The van der Waals surface area contributed by atoms with Crippen molar-refractivity contribution < 1.29 is 5.11 Å². The summed E-state index contributed by atoms with van der Waals surface area (Å²) in [6.07, 6.45) is 0. The van der Waals surface area contributed by atoms with Crippen molar-refractivity contribution in [1.82, 2.24) is 4.98 Å². The zero-order valence-corrected chi connectivity index (χ0v) is 6.62. The normalized spacial score (nSPS) is 8.83. The predicted molar refractivity (Wildman–Crippen MR) is 46.1 cm³/mol. The monoisotopic (exact) mass is 162 g/mol. The second-order valence-corrected chi connectivity index (χ2v) is 2.18. The van der Waals surface area contributed by atoms with Crippen LogP contribution >= 0.6 is 0 Å². The van der Waals surface area contributed by atoms with Crippen molar-refractivity contribution in [1.29, 1.82) is 0 Å². The Kier molecular flexibility index (Phi) is 3.27. The highest BCUT2D eigenvalue weighted by atomic mass is 16.2. The molecule has 0 fully saturated rings. The molecular weight excluding hydrogens is 152 g/mol. The highest BCUT2D eigenvalue weighted by Gasteiger charge is 1.90. The van der Waals surface area contributed by atoms with Crippen molar-refractivity contribution in [3.05, 3.63) is 29.6 Å². The van der Waals surface area contributed by atoms with Gasteiger partial charge in [0.25, 0.3) is 0 Å². The Balaban J connectivity index is 2.86. The van der Waals surface area contributed by atoms with Crippen LogP contribution < -0.4 is 5.73 Å². The molecule has 62 valence electrons. The molecule has 0 saturated heterocycles. The van der Waals surface area contributed by atoms with Crippen LogP contribution in [0.4, 0.5) is 0 Å². The van der Waals surface area contributed by atoms with Gasteiger partial charge in [-0.2, -0.15) is 0 Å². The Labute approximate surface area is 71.2 Å². The van der Waals surface area contributed by atoms with Gasteiger partial charge in [-0.15, -0.1) is 0 Å². The Hall–Kier alpha value is -1.37. The second kappa shape index (κ2) is 4.50. The minimum atomic E-state index is -0.144. The molecule has 0 spiro atoms. The minimum Gasteiger partial charge on any atom is -0.384 e. The quantitative estimate of drug-likeness (QED) is 0.566. The van der Waals surface area contributed by atoms with Gasteiger partial charge in [-0.1, -0.05) is 12.0 Å². The maximum absolute atomic E-state index is 8.43. The third kappa shape index (κ3) is 2.35. The fourth-order valence-corrected chi connectivity index (χ4v) is 0.793. The number of rotatable bonds is 1. The number of aliphatic hydroxyl groups is 1. The molecule has 1 aromatic heterocycles. The maximum atomic E-state index is 8.43. The van der Waals surface area contributed by atoms with Crippen LogP contribution in [-0.4, -0.2) is 16.7 Å². The van der Waals surface area contributed by atoms with Gasteiger partial charge in [0.05, 0.1) is 5.69 Å². The summed E-state index contributed by atoms with van der Waals surface area (Å²) < 4.78 is 0. The summed E-state index contributed by atoms with van der Waals surface area (Å²) in [4.78, 5) is 4.12. The molecule has 0 aliphatic heterocycles. The number of aliphatic hydroxyl groups excluding tert-OH is 1. The third-order valence-corrected chi connectivity index (χ3v) is 1.31. The van der Waals surface area contributed by atoms with Crippen molar-refractivity contribution in [3.8, 4) is 11.8 Å². The summed E-state index contributed by atoms with van der Waals surface area (Å²) >= 11 is 0. The van der Waals surface area contributed by atoms with Crippen molar-refractivity contribution >= 4 is 0 Å². The number of pyridine rings is 1. The highest BCUT2D eigenvalue weighted by molar-refractivity contribution is 5.28. The molecule has 12 heavy (non-hydrogen) atoms. The molecule has 1 rings (SSSR count). The van der Waals surface area contributed by atoms with E-state index >= 15 is 0 Å². The van der Waals surface area contributed by atoms with Crippen LogP contribution in [0.25, 0.3) is 0 Å². The van der Waals surface area contributed by atoms with Gasteiger partial charge < -0.3 is 10.8 Å². The summed E-state index contributed by atoms with van der Waals surface area (Å²) in [6.45, 7) is 0.267. The SMILES string of the molecule is NCc1cccc(C#CCO)n1. The summed E-state index contributed by atoms with van der Waals surface area (Å²) in [5.41, 5.74) is 6.84. The Bertz CT molecular complexity index is 312. The first-order valence-electron chi connectivity index (χ1n) is 3.62. The summed E-state index contributed by atoms with van der Waals surface area (Å²) in [5, 5.41) is 8.43. The first kappa shape index (κ1) is 8.72. The van der Waals surface area contributed by atoms with Gasteiger partial charge in [0.1, 0.15) is 12.3 Å². The second-order valence-electron chi connectivity index (χ2n) is 2.18. The smallest absolute Gasteiger partial charge is 0.113 e. The molecule has 3 N–H and O–H groups in total. The molecule has 0 amide bonds. The van der Waals surface area contributed by atoms with E-state index in [0.717, 1.165) is 5.69 Å². The number of nitrogens with zero attached hydrogens (tertiary/aromatic N) is 1. The van der Waals surface area contributed by atoms with Gasteiger partial charge in [-0.25, -0.2) is 4.98 Å². The van der Waals surface area contributed by atoms with Crippen molar-refractivity contribution in [3.63, 3.8) is 0 Å². The lowest BCUT2D eigenvalue weighted by Crippen LogP contribution is -1.99. The van der Waals surface area contributed by atoms with Gasteiger partial charge in [0.2, 0.25) is 0 Å². The molecule has 0 unspecified atom stereocenters. The standard InChI is InChI=1S/C9H10N2O/c10-7-9-4-1-3-8(11-9)5-2-6-12/h1,3-4,12H,6-7,10H2. The lowest BCUT2D eigenvalue weighted by molar-refractivity contribution is 0.350. The molecule has 1 aromatic rings. The average Bonchev–Trinajstić information content (AvgIpc) is 2.15. The lowest BCUT2D eigenvalue weighted by Gasteiger charge is -1.94. The minimum absolute atomic E-state index is 0.144. The molecule has 0 saturated carbocycles. The number of hydrogen-bond acceptors (Lipinski definition) is 3. The molecule has 0 aromatic carbocycles. The fraction of sp³-hybridized carbons (Fsp3) is 0.222. The van der Waals surface area contributed by atoms with E-state index in [2.05, 4.69) is 16.8 Å². The predicted octanol–water partition coefficient (Wildman–Crippen LogP) is -0.116. The zero-order valence-electron chi connectivity index (χ0n) is 6.62. The van der Waals surface area contributed by atoms with Crippen LogP contribution in [0, 0.1) is 11.8 Å². The van der Waals surface area contributed by atoms with Crippen molar-refractivity contribution in [2.75, 3.05) is 6.61 Å². The van der Waals surface area contributed by atoms with E-state index in [1.807, 2.05) is 12.1 Å². The van der Waals surface area contributed by atoms with E-state index in [4.69, 9.17) is 10.8 Å². The van der Waals surface area contributed by atoms with Gasteiger partial charge >= 0.3 is 0 Å². The van der Waals surface area contributed by atoms with Gasteiger partial charge in [0.15, 0.2) is 0 Å². The first-order valence-corrected chi connectivity index (χ1v) is 3.62. The lowest BCUT2D eigenvalue weighted by atomic mass is 10.3. The molecule has 0 radical (unpaired) electrons. The van der Waals surface area contributed by atoms with E-state index in [9.17, 15) is 0 Å². The average molecular weight is 162 g/mol. The topological polar surface area (TPSA) is 59.1 Å². The van der Waals surface area contributed by atoms with Crippen LogP contribution in [0.3, 0.4) is 0 Å². The van der Waals surface area contributed by atoms with E-state index in [0.29, 0.717) is 12.2 Å². The van der Waals surface area contributed by atoms with E-state index < -0.39 is 0 Å². The van der Waals surface area contributed by atoms with Crippen LogP contribution in [-0.2, 0) is 6.54 Å². The Morgan fingerprint density at radius 1 is 1.50 bits per heavy atom. The molecular formula is C9H10N2O. The fourth-order valence-electron chi connectivity index (χ4n) is 0.793. The van der Waals surface area contributed by atoms with Gasteiger partial charge in [-0.3, -0.25) is 0 Å². The van der Waals surface area contributed by atoms with Crippen LogP contribution in [0.15, 0.2) is 18.2 Å². The third-order valence-electron chi connectivity index (χ3n) is 1.31. The van der Waals surface area contributed by atoms with Crippen molar-refractivity contribution in [2.24, 2.45) is 5.73 Å². The molecule has 1 heterocycles. The van der Waals surface area contributed by atoms with E-state index in [-0.39, 0.29) is 6.61 Å². The van der Waals surface area contributed by atoms with Gasteiger partial charge in [-0.05, 0) is 18.1 Å². The van der Waals surface area contributed by atoms with E-state index in [1.165, 1.54) is 0 Å². The number of hydrogen-bond donors (Lipinski definition) is 2. The number of nitrogens with two attached hydrogens (primary N) is 1. The maximum Gasteiger partial charge on any atom is 0.113 e. The van der Waals surface area contributed by atoms with Crippen LogP contribution in [0.5, 0.6) is 0 Å². The van der Waals surface area contributed by atoms with Crippen molar-refractivity contribution in [2.45, 2.75) is 6.54 Å². The van der Waals surface area contributed by atoms with Crippen LogP contribution in [0.2, 0.25) is 0 Å². The van der Waals surface area contributed by atoms with Gasteiger partial charge in [0, 0.05) is 6.54 Å². The molecule has 3 heteroatoms. The Morgan fingerprint density at radius 2 is 2.33 bits per heavy atom. The molecule has 0 atom stereocenters. The number of aromatic nitrogens is 1.